The summed E-state index contributed by atoms with van der Waals surface area (Å²) >= 11 is 8.96. The number of nitrogens with zero attached hydrogens (tertiary/aromatic N) is 4. The second kappa shape index (κ2) is 10.8. The Morgan fingerprint density at radius 1 is 1.24 bits per heavy atom. The van der Waals surface area contributed by atoms with Crippen LogP contribution in [-0.4, -0.2) is 79.1 Å². The van der Waals surface area contributed by atoms with Crippen molar-refractivity contribution in [3.8, 4) is 0 Å². The van der Waals surface area contributed by atoms with Crippen LogP contribution in [0.2, 0.25) is 5.02 Å². The van der Waals surface area contributed by atoms with Crippen LogP contribution >= 0.6 is 34.7 Å². The van der Waals surface area contributed by atoms with E-state index in [1.165, 1.54) is 23.1 Å². The number of benzene rings is 1. The maximum absolute atomic E-state index is 12.7. The average Bonchev–Trinajstić information content (AvgIpc) is 3.21. The first-order valence-electron chi connectivity index (χ1n) is 9.09. The number of piperazine rings is 1. The summed E-state index contributed by atoms with van der Waals surface area (Å²) in [7, 11) is 1.59. The monoisotopic (exact) mass is 455 g/mol. The smallest absolute Gasteiger partial charge is 0.255 e. The first kappa shape index (κ1) is 21.8. The van der Waals surface area contributed by atoms with Crippen molar-refractivity contribution in [1.82, 2.24) is 20.4 Å². The van der Waals surface area contributed by atoms with Gasteiger partial charge in [0.25, 0.3) is 5.91 Å². The van der Waals surface area contributed by atoms with E-state index >= 15 is 0 Å². The number of thioether (sulfide) groups is 1. The number of rotatable bonds is 8. The molecule has 0 unspecified atom stereocenters. The summed E-state index contributed by atoms with van der Waals surface area (Å²) in [6.45, 7) is 3.51. The highest BCUT2D eigenvalue weighted by Crippen LogP contribution is 2.28. The van der Waals surface area contributed by atoms with E-state index < -0.39 is 0 Å². The summed E-state index contributed by atoms with van der Waals surface area (Å²) in [5.74, 6) is 0.178. The zero-order chi connectivity index (χ0) is 20.6. The molecule has 1 saturated heterocycles. The van der Waals surface area contributed by atoms with Crippen LogP contribution in [0, 0.1) is 0 Å². The van der Waals surface area contributed by atoms with Gasteiger partial charge in [-0.25, -0.2) is 0 Å². The lowest BCUT2D eigenvalue weighted by Crippen LogP contribution is -2.48. The van der Waals surface area contributed by atoms with Crippen LogP contribution in [0.15, 0.2) is 28.6 Å². The number of anilines is 1. The average molecular weight is 456 g/mol. The molecule has 11 heteroatoms. The first-order valence-corrected chi connectivity index (χ1v) is 11.3. The van der Waals surface area contributed by atoms with Crippen LogP contribution in [0.5, 0.6) is 0 Å². The second-order valence-electron chi connectivity index (χ2n) is 6.24. The topological polar surface area (TPSA) is 87.7 Å². The van der Waals surface area contributed by atoms with Crippen LogP contribution in [0.3, 0.4) is 0 Å². The molecule has 0 bridgehead atoms. The normalized spacial score (nSPS) is 14.1. The van der Waals surface area contributed by atoms with Gasteiger partial charge in [0.15, 0.2) is 4.34 Å². The predicted octanol–water partition coefficient (Wildman–Crippen LogP) is 2.01. The summed E-state index contributed by atoms with van der Waals surface area (Å²) in [5.41, 5.74) is 0.529. The number of hydrogen-bond acceptors (Lipinski definition) is 8. The highest BCUT2D eigenvalue weighted by atomic mass is 35.5. The fraction of sp³-hybridized carbons (Fsp3) is 0.444. The minimum atomic E-state index is -0.0597. The van der Waals surface area contributed by atoms with E-state index in [-0.39, 0.29) is 11.8 Å². The van der Waals surface area contributed by atoms with Gasteiger partial charge in [-0.05, 0) is 12.1 Å². The quantitative estimate of drug-likeness (QED) is 0.481. The second-order valence-corrected chi connectivity index (χ2v) is 8.83. The van der Waals surface area contributed by atoms with E-state index in [9.17, 15) is 9.59 Å². The Hall–Kier alpha value is -1.88. The maximum Gasteiger partial charge on any atom is 0.255 e. The summed E-state index contributed by atoms with van der Waals surface area (Å²) in [6, 6.07) is 7.10. The van der Waals surface area contributed by atoms with Crippen LogP contribution in [0.1, 0.15) is 10.4 Å². The van der Waals surface area contributed by atoms with E-state index in [2.05, 4.69) is 20.4 Å². The maximum atomic E-state index is 12.7. The van der Waals surface area contributed by atoms with Crippen molar-refractivity contribution in [3.63, 3.8) is 0 Å². The van der Waals surface area contributed by atoms with Crippen molar-refractivity contribution in [2.24, 2.45) is 0 Å². The molecule has 1 N–H and O–H groups in total. The molecule has 2 aromatic rings. The zero-order valence-corrected chi connectivity index (χ0v) is 18.4. The van der Waals surface area contributed by atoms with Gasteiger partial charge in [-0.1, -0.05) is 46.8 Å². The molecule has 3 rings (SSSR count). The van der Waals surface area contributed by atoms with Crippen molar-refractivity contribution < 1.29 is 14.3 Å². The molecule has 1 aliphatic heterocycles. The number of ether oxygens (including phenoxy) is 1. The Balaban J connectivity index is 1.47. The largest absolute Gasteiger partial charge is 0.383 e. The van der Waals surface area contributed by atoms with Gasteiger partial charge < -0.3 is 19.9 Å². The molecule has 2 amide bonds. The molecule has 29 heavy (non-hydrogen) atoms. The lowest BCUT2D eigenvalue weighted by molar-refractivity contribution is -0.118. The number of amides is 2. The summed E-state index contributed by atoms with van der Waals surface area (Å²) in [6.07, 6.45) is 0. The van der Waals surface area contributed by atoms with Gasteiger partial charge >= 0.3 is 0 Å². The Labute approximate surface area is 182 Å². The highest BCUT2D eigenvalue weighted by molar-refractivity contribution is 8.01. The molecule has 2 heterocycles. The lowest BCUT2D eigenvalue weighted by atomic mass is 10.2. The summed E-state index contributed by atoms with van der Waals surface area (Å²) < 4.78 is 5.65. The molecule has 0 aliphatic carbocycles. The molecule has 8 nitrogen and oxygen atoms in total. The molecule has 0 atom stereocenters. The van der Waals surface area contributed by atoms with Crippen molar-refractivity contribution in [3.05, 3.63) is 34.9 Å². The standard InChI is InChI=1S/C18H22ClN5O3S2/c1-27-11-6-20-15(25)12-28-18-22-21-17(29-18)24-9-7-23(8-10-24)16(26)13-4-2-3-5-14(13)19/h2-5H,6-12H2,1H3,(H,20,25). The molecule has 156 valence electrons. The fourth-order valence-electron chi connectivity index (χ4n) is 2.77. The van der Waals surface area contributed by atoms with Gasteiger partial charge in [0.2, 0.25) is 11.0 Å². The van der Waals surface area contributed by atoms with Crippen molar-refractivity contribution in [2.75, 3.05) is 57.1 Å². The predicted molar refractivity (Wildman–Crippen MR) is 115 cm³/mol. The Morgan fingerprint density at radius 3 is 2.72 bits per heavy atom. The molecular weight excluding hydrogens is 434 g/mol. The molecule has 1 fully saturated rings. The molecule has 1 aliphatic rings. The number of halogens is 1. The SMILES string of the molecule is COCCNC(=O)CSc1nnc(N2CCN(C(=O)c3ccccc3Cl)CC2)s1. The van der Waals surface area contributed by atoms with Crippen LogP contribution in [0.4, 0.5) is 5.13 Å². The van der Waals surface area contributed by atoms with E-state index in [0.717, 1.165) is 9.47 Å². The van der Waals surface area contributed by atoms with Crippen molar-refractivity contribution >= 4 is 51.6 Å². The Morgan fingerprint density at radius 2 is 2.00 bits per heavy atom. The third kappa shape index (κ3) is 6.05. The summed E-state index contributed by atoms with van der Waals surface area (Å²) in [4.78, 5) is 28.3. The van der Waals surface area contributed by atoms with Gasteiger partial charge in [0.05, 0.1) is 22.9 Å². The van der Waals surface area contributed by atoms with E-state index in [4.69, 9.17) is 16.3 Å². The molecular formula is C18H22ClN5O3S2. The minimum Gasteiger partial charge on any atom is -0.383 e. The molecule has 0 saturated carbocycles. The van der Waals surface area contributed by atoms with E-state index in [0.29, 0.717) is 55.7 Å². The van der Waals surface area contributed by atoms with Gasteiger partial charge in [0, 0.05) is 39.8 Å². The highest BCUT2D eigenvalue weighted by Gasteiger charge is 2.25. The van der Waals surface area contributed by atoms with Gasteiger partial charge in [-0.2, -0.15) is 0 Å². The zero-order valence-electron chi connectivity index (χ0n) is 16.0. The van der Waals surface area contributed by atoms with Crippen LogP contribution < -0.4 is 10.2 Å². The van der Waals surface area contributed by atoms with Crippen LogP contribution in [0.25, 0.3) is 0 Å². The molecule has 1 aromatic heterocycles. The number of carbonyl (C=O) groups excluding carboxylic acids is 2. The third-order valence-electron chi connectivity index (χ3n) is 4.29. The minimum absolute atomic E-state index is 0.0526. The van der Waals surface area contributed by atoms with Gasteiger partial charge in [0.1, 0.15) is 0 Å². The van der Waals surface area contributed by atoms with E-state index in [1.807, 2.05) is 12.1 Å². The summed E-state index contributed by atoms with van der Waals surface area (Å²) in [5, 5.41) is 12.4. The van der Waals surface area contributed by atoms with E-state index in [1.54, 1.807) is 24.1 Å². The lowest BCUT2D eigenvalue weighted by Gasteiger charge is -2.34. The van der Waals surface area contributed by atoms with Crippen molar-refractivity contribution in [1.29, 1.82) is 0 Å². The van der Waals surface area contributed by atoms with Crippen LogP contribution in [-0.2, 0) is 9.53 Å². The molecule has 1 aromatic carbocycles. The van der Waals surface area contributed by atoms with Gasteiger partial charge in [-0.3, -0.25) is 9.59 Å². The molecule has 0 spiro atoms. The number of hydrogen-bond donors (Lipinski definition) is 1. The van der Waals surface area contributed by atoms with Crippen molar-refractivity contribution in [2.45, 2.75) is 4.34 Å². The fourth-order valence-corrected chi connectivity index (χ4v) is 4.70. The number of aromatic nitrogens is 2. The first-order chi connectivity index (χ1) is 14.1. The number of nitrogens with one attached hydrogen (secondary N) is 1. The molecule has 0 radical (unpaired) electrons. The Kier molecular flexibility index (Phi) is 8.10. The van der Waals surface area contributed by atoms with Gasteiger partial charge in [-0.15, -0.1) is 10.2 Å². The third-order valence-corrected chi connectivity index (χ3v) is 6.74. The number of carbonyl (C=O) groups is 2. The number of methoxy groups -OCH3 is 1. The Bertz CT molecular complexity index is 842.